The highest BCUT2D eigenvalue weighted by atomic mass is 16.5. The van der Waals surface area contributed by atoms with Crippen LogP contribution in [0.2, 0.25) is 0 Å². The third-order valence-corrected chi connectivity index (χ3v) is 5.02. The van der Waals surface area contributed by atoms with Crippen LogP contribution in [-0.4, -0.2) is 74.6 Å². The Balaban J connectivity index is 4.98. The molecule has 1 N–H and O–H groups in total. The number of methoxy groups -OCH3 is 1. The van der Waals surface area contributed by atoms with Crippen LogP contribution in [0.3, 0.4) is 0 Å². The van der Waals surface area contributed by atoms with E-state index in [2.05, 4.69) is 26.1 Å². The van der Waals surface area contributed by atoms with Gasteiger partial charge in [0.25, 0.3) is 0 Å². The molecule has 0 heterocycles. The summed E-state index contributed by atoms with van der Waals surface area (Å²) in [4.78, 5) is 28.7. The summed E-state index contributed by atoms with van der Waals surface area (Å²) in [6.07, 6.45) is 1.79. The summed E-state index contributed by atoms with van der Waals surface area (Å²) in [7, 11) is 7.25. The molecule has 0 fully saturated rings. The van der Waals surface area contributed by atoms with E-state index in [0.717, 1.165) is 12.8 Å². The fraction of sp³-hybridized carbons (Fsp3) is 0.895. The third-order valence-electron chi connectivity index (χ3n) is 5.02. The summed E-state index contributed by atoms with van der Waals surface area (Å²) in [6, 6.07) is -0.245. The minimum atomic E-state index is -0.245. The quantitative estimate of drug-likeness (QED) is 0.614. The summed E-state index contributed by atoms with van der Waals surface area (Å²) in [5.41, 5.74) is 0. The molecule has 148 valence electrons. The van der Waals surface area contributed by atoms with Gasteiger partial charge in [-0.15, -0.1) is 0 Å². The van der Waals surface area contributed by atoms with Crippen LogP contribution in [0.1, 0.15) is 47.5 Å². The largest absolute Gasteiger partial charge is 0.379 e. The first-order valence-electron chi connectivity index (χ1n) is 9.34. The van der Waals surface area contributed by atoms with Crippen LogP contribution >= 0.6 is 0 Å². The van der Waals surface area contributed by atoms with Gasteiger partial charge in [-0.3, -0.25) is 14.5 Å². The number of nitrogens with one attached hydrogen (secondary N) is 1. The Labute approximate surface area is 154 Å². The molecule has 0 aliphatic rings. The average Bonchev–Trinajstić information content (AvgIpc) is 2.55. The summed E-state index contributed by atoms with van der Waals surface area (Å²) >= 11 is 0. The number of hydrogen-bond acceptors (Lipinski definition) is 4. The fourth-order valence-corrected chi connectivity index (χ4v) is 3.48. The van der Waals surface area contributed by atoms with Gasteiger partial charge in [0.1, 0.15) is 0 Å². The molecule has 2 amide bonds. The second kappa shape index (κ2) is 11.5. The lowest BCUT2D eigenvalue weighted by Gasteiger charge is -2.37. The Hall–Kier alpha value is -1.14. The lowest BCUT2D eigenvalue weighted by Crippen LogP contribution is -2.53. The molecule has 0 saturated carbocycles. The third kappa shape index (κ3) is 6.94. The Morgan fingerprint density at radius 2 is 1.60 bits per heavy atom. The van der Waals surface area contributed by atoms with Gasteiger partial charge in [0.15, 0.2) is 0 Å². The van der Waals surface area contributed by atoms with Crippen LogP contribution in [0, 0.1) is 11.8 Å². The second-order valence-electron chi connectivity index (χ2n) is 7.43. The second-order valence-corrected chi connectivity index (χ2v) is 7.43. The average molecular weight is 358 g/mol. The highest BCUT2D eigenvalue weighted by Gasteiger charge is 2.32. The molecule has 0 aromatic rings. The van der Waals surface area contributed by atoms with Crippen molar-refractivity contribution in [1.29, 1.82) is 0 Å². The van der Waals surface area contributed by atoms with E-state index in [0.29, 0.717) is 5.92 Å². The summed E-state index contributed by atoms with van der Waals surface area (Å²) < 4.78 is 5.59. The predicted molar refractivity (Wildman–Crippen MR) is 102 cm³/mol. The topological polar surface area (TPSA) is 61.9 Å². The van der Waals surface area contributed by atoms with Crippen molar-refractivity contribution < 1.29 is 14.3 Å². The zero-order chi connectivity index (χ0) is 19.7. The van der Waals surface area contributed by atoms with Crippen LogP contribution < -0.4 is 5.32 Å². The molecule has 0 saturated heterocycles. The van der Waals surface area contributed by atoms with Gasteiger partial charge in [-0.25, -0.2) is 0 Å². The number of carbonyl (C=O) groups is 2. The number of carbonyl (C=O) groups excluding carboxylic acids is 2. The van der Waals surface area contributed by atoms with Gasteiger partial charge in [-0.05, 0) is 32.4 Å². The van der Waals surface area contributed by atoms with Gasteiger partial charge in [0.2, 0.25) is 11.8 Å². The molecule has 0 spiro atoms. The molecule has 6 nitrogen and oxygen atoms in total. The highest BCUT2D eigenvalue weighted by Crippen LogP contribution is 2.21. The first-order valence-corrected chi connectivity index (χ1v) is 9.34. The monoisotopic (exact) mass is 357 g/mol. The van der Waals surface area contributed by atoms with E-state index < -0.39 is 0 Å². The van der Waals surface area contributed by atoms with E-state index in [1.165, 1.54) is 0 Å². The van der Waals surface area contributed by atoms with Crippen LogP contribution in [0.15, 0.2) is 0 Å². The van der Waals surface area contributed by atoms with Crippen molar-refractivity contribution in [3.05, 3.63) is 0 Å². The minimum Gasteiger partial charge on any atom is -0.379 e. The summed E-state index contributed by atoms with van der Waals surface area (Å²) in [5, 5.41) is 2.80. The van der Waals surface area contributed by atoms with Gasteiger partial charge in [-0.1, -0.05) is 41.0 Å². The molecule has 3 unspecified atom stereocenters. The van der Waals surface area contributed by atoms with E-state index >= 15 is 0 Å². The maximum atomic E-state index is 12.6. The molecule has 0 aromatic carbocycles. The van der Waals surface area contributed by atoms with Crippen molar-refractivity contribution in [2.45, 2.75) is 65.6 Å². The van der Waals surface area contributed by atoms with Crippen LogP contribution in [0.4, 0.5) is 0 Å². The maximum absolute atomic E-state index is 12.6. The zero-order valence-electron chi connectivity index (χ0n) is 17.6. The molecule has 0 aromatic heterocycles. The Kier molecular flexibility index (Phi) is 10.9. The van der Waals surface area contributed by atoms with Crippen molar-refractivity contribution in [3.8, 4) is 0 Å². The summed E-state index contributed by atoms with van der Waals surface area (Å²) in [6.45, 7) is 10.3. The predicted octanol–water partition coefficient (Wildman–Crippen LogP) is 1.99. The van der Waals surface area contributed by atoms with Crippen molar-refractivity contribution in [3.63, 3.8) is 0 Å². The van der Waals surface area contributed by atoms with E-state index in [1.54, 1.807) is 19.1 Å². The zero-order valence-corrected chi connectivity index (χ0v) is 17.6. The number of hydrogen-bond donors (Lipinski definition) is 1. The molecular formula is C19H39N3O3. The maximum Gasteiger partial charge on any atom is 0.242 e. The SMILES string of the molecule is CCC(OC)C([C@@H](C)CC)N(C)C(=O)CNC(=O)C(C(C)C)N(C)C. The number of likely N-dealkylation sites (N-methyl/N-ethyl adjacent to an activating group) is 2. The molecular weight excluding hydrogens is 318 g/mol. The lowest BCUT2D eigenvalue weighted by molar-refractivity contribution is -0.138. The van der Waals surface area contributed by atoms with Gasteiger partial charge in [0.05, 0.1) is 24.7 Å². The standard InChI is InChI=1S/C19H39N3O3/c1-10-14(5)18(15(11-2)25-9)22(8)16(23)12-20-19(24)17(13(3)4)21(6)7/h13-15,17-18H,10-12H2,1-9H3,(H,20,24)/t14-,15?,17?,18?/m0/s1. The van der Waals surface area contributed by atoms with Crippen LogP contribution in [0.25, 0.3) is 0 Å². The molecule has 6 heteroatoms. The van der Waals surface area contributed by atoms with Gasteiger partial charge in [0, 0.05) is 14.2 Å². The van der Waals surface area contributed by atoms with Crippen molar-refractivity contribution in [2.75, 3.05) is 34.8 Å². The van der Waals surface area contributed by atoms with Gasteiger partial charge in [-0.2, -0.15) is 0 Å². The molecule has 25 heavy (non-hydrogen) atoms. The van der Waals surface area contributed by atoms with Gasteiger partial charge < -0.3 is 15.0 Å². The molecule has 0 radical (unpaired) electrons. The molecule has 4 atom stereocenters. The first-order chi connectivity index (χ1) is 11.6. The normalized spacial score (nSPS) is 16.4. The van der Waals surface area contributed by atoms with Crippen molar-refractivity contribution in [2.24, 2.45) is 11.8 Å². The molecule has 0 bridgehead atoms. The lowest BCUT2D eigenvalue weighted by atomic mass is 9.91. The first kappa shape index (κ1) is 23.9. The number of nitrogens with zero attached hydrogens (tertiary/aromatic N) is 2. The van der Waals surface area contributed by atoms with Gasteiger partial charge >= 0.3 is 0 Å². The molecule has 0 aliphatic carbocycles. The molecule has 0 aliphatic heterocycles. The smallest absolute Gasteiger partial charge is 0.242 e. The van der Waals surface area contributed by atoms with E-state index in [4.69, 9.17) is 4.74 Å². The highest BCUT2D eigenvalue weighted by molar-refractivity contribution is 5.87. The van der Waals surface area contributed by atoms with E-state index in [-0.39, 0.29) is 42.5 Å². The van der Waals surface area contributed by atoms with E-state index in [9.17, 15) is 9.59 Å². The number of amides is 2. The number of rotatable bonds is 11. The Morgan fingerprint density at radius 1 is 1.04 bits per heavy atom. The molecule has 0 rings (SSSR count). The van der Waals surface area contributed by atoms with Crippen molar-refractivity contribution in [1.82, 2.24) is 15.1 Å². The number of ether oxygens (including phenoxy) is 1. The summed E-state index contributed by atoms with van der Waals surface area (Å²) in [5.74, 6) is 0.296. The van der Waals surface area contributed by atoms with Crippen LogP contribution in [-0.2, 0) is 14.3 Å². The fourth-order valence-electron chi connectivity index (χ4n) is 3.48. The Morgan fingerprint density at radius 3 is 1.96 bits per heavy atom. The minimum absolute atomic E-state index is 0.000790. The van der Waals surface area contributed by atoms with Crippen molar-refractivity contribution >= 4 is 11.8 Å². The Bertz CT molecular complexity index is 401. The van der Waals surface area contributed by atoms with E-state index in [1.807, 2.05) is 32.8 Å². The van der Waals surface area contributed by atoms with Crippen LogP contribution in [0.5, 0.6) is 0 Å².